The van der Waals surface area contributed by atoms with Gasteiger partial charge in [-0.05, 0) is 36.8 Å². The number of ether oxygens (including phenoxy) is 1. The molecule has 1 saturated heterocycles. The van der Waals surface area contributed by atoms with Crippen molar-refractivity contribution in [3.63, 3.8) is 0 Å². The lowest BCUT2D eigenvalue weighted by Gasteiger charge is -2.26. The fraction of sp³-hybridized carbons (Fsp3) is 0.333. The van der Waals surface area contributed by atoms with Crippen molar-refractivity contribution in [2.45, 2.75) is 17.0 Å². The van der Waals surface area contributed by atoms with Crippen LogP contribution in [0.25, 0.3) is 11.4 Å². The maximum absolute atomic E-state index is 12.9. The summed E-state index contributed by atoms with van der Waals surface area (Å²) in [5.74, 6) is 0.511. The molecule has 0 bridgehead atoms. The summed E-state index contributed by atoms with van der Waals surface area (Å²) in [7, 11) is -1.82. The van der Waals surface area contributed by atoms with Crippen molar-refractivity contribution < 1.29 is 17.9 Å². The Balaban J connectivity index is 1.43. The first-order chi connectivity index (χ1) is 15.9. The molecule has 3 aromatic rings. The number of sulfonamides is 1. The topological polar surface area (TPSA) is 119 Å². The molecule has 3 heterocycles. The third-order valence-corrected chi connectivity index (χ3v) is 8.11. The van der Waals surface area contributed by atoms with Gasteiger partial charge in [0.1, 0.15) is 0 Å². The predicted octanol–water partition coefficient (Wildman–Crippen LogP) is 1.94. The van der Waals surface area contributed by atoms with Crippen molar-refractivity contribution in [1.82, 2.24) is 24.1 Å². The van der Waals surface area contributed by atoms with Gasteiger partial charge in [-0.3, -0.25) is 9.78 Å². The van der Waals surface area contributed by atoms with Gasteiger partial charge in [-0.15, -0.1) is 10.2 Å². The van der Waals surface area contributed by atoms with Gasteiger partial charge in [-0.25, -0.2) is 8.42 Å². The highest BCUT2D eigenvalue weighted by molar-refractivity contribution is 7.99. The molecule has 0 spiro atoms. The molecule has 33 heavy (non-hydrogen) atoms. The van der Waals surface area contributed by atoms with Gasteiger partial charge in [0, 0.05) is 43.8 Å². The van der Waals surface area contributed by atoms with E-state index in [4.69, 9.17) is 4.74 Å². The second-order valence-corrected chi connectivity index (χ2v) is 10.3. The summed E-state index contributed by atoms with van der Waals surface area (Å²) in [6, 6.07) is 8.44. The summed E-state index contributed by atoms with van der Waals surface area (Å²) >= 11 is 1.25. The minimum absolute atomic E-state index is 0.0994. The first-order valence-corrected chi connectivity index (χ1v) is 12.7. The number of hydrogen-bond donors (Lipinski definition) is 1. The van der Waals surface area contributed by atoms with Crippen LogP contribution in [0.3, 0.4) is 0 Å². The first kappa shape index (κ1) is 23.4. The van der Waals surface area contributed by atoms with E-state index < -0.39 is 10.0 Å². The summed E-state index contributed by atoms with van der Waals surface area (Å²) in [4.78, 5) is 16.8. The molecule has 2 aromatic heterocycles. The Kier molecular flexibility index (Phi) is 7.08. The first-order valence-electron chi connectivity index (χ1n) is 10.3. The summed E-state index contributed by atoms with van der Waals surface area (Å²) < 4.78 is 34.3. The van der Waals surface area contributed by atoms with E-state index in [1.807, 2.05) is 30.7 Å². The highest BCUT2D eigenvalue weighted by atomic mass is 32.2. The molecule has 174 valence electrons. The van der Waals surface area contributed by atoms with Gasteiger partial charge in [0.05, 0.1) is 23.9 Å². The number of carbonyl (C=O) groups is 1. The molecule has 1 aliphatic rings. The Morgan fingerprint density at radius 1 is 1.15 bits per heavy atom. The zero-order valence-electron chi connectivity index (χ0n) is 18.3. The predicted molar refractivity (Wildman–Crippen MR) is 124 cm³/mol. The lowest BCUT2D eigenvalue weighted by molar-refractivity contribution is -0.113. The van der Waals surface area contributed by atoms with Gasteiger partial charge in [0.15, 0.2) is 11.0 Å². The van der Waals surface area contributed by atoms with Crippen LogP contribution in [0.1, 0.15) is 5.56 Å². The summed E-state index contributed by atoms with van der Waals surface area (Å²) in [5, 5.41) is 11.8. The number of anilines is 1. The molecule has 0 unspecified atom stereocenters. The molecule has 0 atom stereocenters. The fourth-order valence-corrected chi connectivity index (χ4v) is 5.49. The molecule has 4 rings (SSSR count). The molecule has 1 aliphatic heterocycles. The van der Waals surface area contributed by atoms with Crippen LogP contribution in [0.15, 0.2) is 52.8 Å². The van der Waals surface area contributed by atoms with E-state index in [2.05, 4.69) is 20.5 Å². The molecule has 10 nitrogen and oxygen atoms in total. The van der Waals surface area contributed by atoms with Gasteiger partial charge in [-0.1, -0.05) is 17.8 Å². The summed E-state index contributed by atoms with van der Waals surface area (Å²) in [6.45, 7) is 3.19. The van der Waals surface area contributed by atoms with E-state index in [0.29, 0.717) is 43.0 Å². The third-order valence-electron chi connectivity index (χ3n) is 5.20. The Bertz CT molecular complexity index is 1240. The number of nitrogens with zero attached hydrogens (tertiary/aromatic N) is 5. The van der Waals surface area contributed by atoms with Gasteiger partial charge in [-0.2, -0.15) is 4.31 Å². The van der Waals surface area contributed by atoms with E-state index in [1.165, 1.54) is 22.1 Å². The number of pyridine rings is 1. The fourth-order valence-electron chi connectivity index (χ4n) is 3.34. The Hall–Kier alpha value is -2.80. The number of carbonyl (C=O) groups excluding carboxylic acids is 1. The number of aromatic nitrogens is 4. The minimum atomic E-state index is -3.65. The van der Waals surface area contributed by atoms with Crippen molar-refractivity contribution in [2.75, 3.05) is 37.4 Å². The lowest BCUT2D eigenvalue weighted by atomic mass is 10.2. The zero-order chi connectivity index (χ0) is 23.4. The summed E-state index contributed by atoms with van der Waals surface area (Å²) in [6.07, 6.45) is 3.36. The number of amides is 1. The Labute approximate surface area is 196 Å². The van der Waals surface area contributed by atoms with Crippen LogP contribution in [-0.2, 0) is 26.6 Å². The Morgan fingerprint density at radius 2 is 1.88 bits per heavy atom. The molecule has 1 fully saturated rings. The average Bonchev–Trinajstić information content (AvgIpc) is 3.20. The normalized spacial score (nSPS) is 14.8. The van der Waals surface area contributed by atoms with Gasteiger partial charge in [0.25, 0.3) is 0 Å². The lowest BCUT2D eigenvalue weighted by Crippen LogP contribution is -2.40. The standard InChI is InChI=1S/C21H24N6O4S2/c1-15-3-4-17(33(29,30)27-9-11-31-12-10-27)13-18(15)23-19(28)14-32-21-25-24-20(26(21)2)16-5-7-22-8-6-16/h3-8,13H,9-12,14H2,1-2H3,(H,23,28). The molecule has 1 N–H and O–H groups in total. The molecule has 0 saturated carbocycles. The number of aryl methyl sites for hydroxylation is 1. The van der Waals surface area contributed by atoms with Crippen molar-refractivity contribution in [2.24, 2.45) is 7.05 Å². The van der Waals surface area contributed by atoms with E-state index in [-0.39, 0.29) is 16.6 Å². The summed E-state index contributed by atoms with van der Waals surface area (Å²) in [5.41, 5.74) is 2.11. The van der Waals surface area contributed by atoms with E-state index in [9.17, 15) is 13.2 Å². The smallest absolute Gasteiger partial charge is 0.243 e. The van der Waals surface area contributed by atoms with Gasteiger partial charge < -0.3 is 14.6 Å². The monoisotopic (exact) mass is 488 g/mol. The molecular weight excluding hydrogens is 464 g/mol. The van der Waals surface area contributed by atoms with Crippen LogP contribution < -0.4 is 5.32 Å². The van der Waals surface area contributed by atoms with Crippen molar-refractivity contribution in [1.29, 1.82) is 0 Å². The van der Waals surface area contributed by atoms with Crippen LogP contribution >= 0.6 is 11.8 Å². The quantitative estimate of drug-likeness (QED) is 0.501. The van der Waals surface area contributed by atoms with Crippen molar-refractivity contribution in [3.05, 3.63) is 48.3 Å². The van der Waals surface area contributed by atoms with E-state index >= 15 is 0 Å². The van der Waals surface area contributed by atoms with Gasteiger partial charge in [0.2, 0.25) is 15.9 Å². The second-order valence-electron chi connectivity index (χ2n) is 7.43. The maximum atomic E-state index is 12.9. The van der Waals surface area contributed by atoms with E-state index in [1.54, 1.807) is 24.5 Å². The maximum Gasteiger partial charge on any atom is 0.243 e. The van der Waals surface area contributed by atoms with E-state index in [0.717, 1.165) is 11.1 Å². The zero-order valence-corrected chi connectivity index (χ0v) is 19.9. The molecule has 0 radical (unpaired) electrons. The number of morpholine rings is 1. The SMILES string of the molecule is Cc1ccc(S(=O)(=O)N2CCOCC2)cc1NC(=O)CSc1nnc(-c2ccncc2)n1C. The van der Waals surface area contributed by atoms with Crippen molar-refractivity contribution in [3.8, 4) is 11.4 Å². The molecular formula is C21H24N6O4S2. The third kappa shape index (κ3) is 5.24. The van der Waals surface area contributed by atoms with Crippen LogP contribution in [0.2, 0.25) is 0 Å². The number of hydrogen-bond acceptors (Lipinski definition) is 8. The van der Waals surface area contributed by atoms with Gasteiger partial charge >= 0.3 is 0 Å². The van der Waals surface area contributed by atoms with Crippen molar-refractivity contribution >= 4 is 33.4 Å². The molecule has 1 aromatic carbocycles. The number of nitrogens with one attached hydrogen (secondary N) is 1. The highest BCUT2D eigenvalue weighted by Gasteiger charge is 2.27. The largest absolute Gasteiger partial charge is 0.379 e. The molecule has 12 heteroatoms. The molecule has 1 amide bonds. The highest BCUT2D eigenvalue weighted by Crippen LogP contribution is 2.25. The number of benzene rings is 1. The Morgan fingerprint density at radius 3 is 2.61 bits per heavy atom. The van der Waals surface area contributed by atoms with Crippen LogP contribution in [0, 0.1) is 6.92 Å². The number of rotatable bonds is 7. The average molecular weight is 489 g/mol. The van der Waals surface area contributed by atoms with Crippen LogP contribution in [-0.4, -0.2) is 70.4 Å². The molecule has 0 aliphatic carbocycles. The van der Waals surface area contributed by atoms with Crippen LogP contribution in [0.5, 0.6) is 0 Å². The second kappa shape index (κ2) is 10.00. The number of thioether (sulfide) groups is 1. The minimum Gasteiger partial charge on any atom is -0.379 e. The van der Waals surface area contributed by atoms with Crippen LogP contribution in [0.4, 0.5) is 5.69 Å².